The van der Waals surface area contributed by atoms with Crippen LogP contribution in [0.2, 0.25) is 0 Å². The fourth-order valence-electron chi connectivity index (χ4n) is 2.07. The lowest BCUT2D eigenvalue weighted by molar-refractivity contribution is 0.00104. The highest BCUT2D eigenvalue weighted by atomic mass is 16.5. The summed E-state index contributed by atoms with van der Waals surface area (Å²) in [7, 11) is 0. The van der Waals surface area contributed by atoms with Gasteiger partial charge in [0, 0.05) is 12.2 Å². The molecule has 2 rings (SSSR count). The van der Waals surface area contributed by atoms with E-state index in [1.54, 1.807) is 12.5 Å². The minimum atomic E-state index is 0.328. The van der Waals surface area contributed by atoms with Crippen LogP contribution in [0.25, 0.3) is 0 Å². The van der Waals surface area contributed by atoms with Crippen LogP contribution in [0.3, 0.4) is 0 Å². The largest absolute Gasteiger partial charge is 0.472 e. The molecule has 1 aromatic heterocycles. The Balaban J connectivity index is 1.69. The summed E-state index contributed by atoms with van der Waals surface area (Å²) in [5.74, 6) is 0.499. The monoisotopic (exact) mass is 210 g/mol. The summed E-state index contributed by atoms with van der Waals surface area (Å²) in [5.41, 5.74) is 1.10. The van der Waals surface area contributed by atoms with Crippen LogP contribution in [0.4, 0.5) is 0 Å². The van der Waals surface area contributed by atoms with E-state index in [1.165, 1.54) is 0 Å². The second kappa shape index (κ2) is 5.33. The molecule has 1 N–H and O–H groups in total. The van der Waals surface area contributed by atoms with Gasteiger partial charge >= 0.3 is 0 Å². The smallest absolute Gasteiger partial charge is 0.0957 e. The molecule has 0 aromatic carbocycles. The first-order valence-electron chi connectivity index (χ1n) is 5.62. The van der Waals surface area contributed by atoms with E-state index in [2.05, 4.69) is 0 Å². The van der Waals surface area contributed by atoms with Crippen molar-refractivity contribution >= 4 is 0 Å². The molecule has 0 aliphatic heterocycles. The van der Waals surface area contributed by atoms with Crippen molar-refractivity contribution in [3.63, 3.8) is 0 Å². The standard InChI is InChI=1S/C12H18O3/c13-7-10-1-3-12(4-2-10)15-9-11-5-6-14-8-11/h5-6,8,10,12-13H,1-4,7,9H2. The van der Waals surface area contributed by atoms with Crippen molar-refractivity contribution in [1.29, 1.82) is 0 Å². The molecule has 0 saturated heterocycles. The predicted molar refractivity (Wildman–Crippen MR) is 56.3 cm³/mol. The summed E-state index contributed by atoms with van der Waals surface area (Å²) in [6, 6.07) is 1.93. The van der Waals surface area contributed by atoms with E-state index >= 15 is 0 Å². The number of hydrogen-bond acceptors (Lipinski definition) is 3. The molecule has 1 fully saturated rings. The van der Waals surface area contributed by atoms with Gasteiger partial charge in [-0.2, -0.15) is 0 Å². The average Bonchev–Trinajstić information content (AvgIpc) is 2.80. The SMILES string of the molecule is OCC1CCC(OCc2ccoc2)CC1. The number of ether oxygens (including phenoxy) is 1. The van der Waals surface area contributed by atoms with Gasteiger partial charge in [-0.15, -0.1) is 0 Å². The maximum Gasteiger partial charge on any atom is 0.0957 e. The Bertz CT molecular complexity index is 260. The van der Waals surface area contributed by atoms with Crippen molar-refractivity contribution < 1.29 is 14.3 Å². The first-order valence-corrected chi connectivity index (χ1v) is 5.62. The lowest BCUT2D eigenvalue weighted by Gasteiger charge is -2.27. The summed E-state index contributed by atoms with van der Waals surface area (Å²) in [6.45, 7) is 0.972. The van der Waals surface area contributed by atoms with E-state index in [0.29, 0.717) is 25.2 Å². The van der Waals surface area contributed by atoms with E-state index < -0.39 is 0 Å². The molecule has 3 heteroatoms. The van der Waals surface area contributed by atoms with Gasteiger partial charge in [0.2, 0.25) is 0 Å². The highest BCUT2D eigenvalue weighted by molar-refractivity contribution is 5.03. The van der Waals surface area contributed by atoms with E-state index in [1.807, 2.05) is 6.07 Å². The molecule has 0 amide bonds. The molecule has 0 atom stereocenters. The zero-order valence-electron chi connectivity index (χ0n) is 8.89. The first kappa shape index (κ1) is 10.7. The van der Waals surface area contributed by atoms with E-state index in [4.69, 9.17) is 14.3 Å². The lowest BCUT2D eigenvalue weighted by Crippen LogP contribution is -2.23. The molecule has 1 aliphatic carbocycles. The Morgan fingerprint density at radius 2 is 2.13 bits per heavy atom. The minimum absolute atomic E-state index is 0.328. The number of aliphatic hydroxyl groups is 1. The highest BCUT2D eigenvalue weighted by Gasteiger charge is 2.20. The van der Waals surface area contributed by atoms with E-state index in [9.17, 15) is 0 Å². The molecule has 1 heterocycles. The van der Waals surface area contributed by atoms with Gasteiger partial charge < -0.3 is 14.3 Å². The quantitative estimate of drug-likeness (QED) is 0.829. The number of hydrogen-bond donors (Lipinski definition) is 1. The van der Waals surface area contributed by atoms with Gasteiger partial charge in [-0.05, 0) is 37.7 Å². The second-order valence-electron chi connectivity index (χ2n) is 4.27. The number of aliphatic hydroxyl groups excluding tert-OH is 1. The highest BCUT2D eigenvalue weighted by Crippen LogP contribution is 2.26. The van der Waals surface area contributed by atoms with Crippen LogP contribution in [-0.2, 0) is 11.3 Å². The Labute approximate surface area is 90.0 Å². The molecular weight excluding hydrogens is 192 g/mol. The Kier molecular flexibility index (Phi) is 3.80. The van der Waals surface area contributed by atoms with Crippen molar-refractivity contribution in [3.05, 3.63) is 24.2 Å². The van der Waals surface area contributed by atoms with Gasteiger partial charge in [-0.1, -0.05) is 0 Å². The normalized spacial score (nSPS) is 26.7. The summed E-state index contributed by atoms with van der Waals surface area (Å²) in [5, 5.41) is 9.00. The van der Waals surface area contributed by atoms with Gasteiger partial charge in [-0.3, -0.25) is 0 Å². The fraction of sp³-hybridized carbons (Fsp3) is 0.667. The molecule has 3 nitrogen and oxygen atoms in total. The lowest BCUT2D eigenvalue weighted by atomic mass is 9.88. The van der Waals surface area contributed by atoms with Gasteiger partial charge in [0.05, 0.1) is 25.2 Å². The number of furan rings is 1. The second-order valence-corrected chi connectivity index (χ2v) is 4.27. The summed E-state index contributed by atoms with van der Waals surface area (Å²) in [6.07, 6.45) is 8.08. The topological polar surface area (TPSA) is 42.6 Å². The molecule has 1 saturated carbocycles. The van der Waals surface area contributed by atoms with Crippen molar-refractivity contribution in [3.8, 4) is 0 Å². The molecule has 1 aliphatic rings. The maximum atomic E-state index is 9.00. The third-order valence-electron chi connectivity index (χ3n) is 3.12. The van der Waals surface area contributed by atoms with Crippen LogP contribution in [0.5, 0.6) is 0 Å². The minimum Gasteiger partial charge on any atom is -0.472 e. The molecule has 1 aromatic rings. The molecule has 15 heavy (non-hydrogen) atoms. The Morgan fingerprint density at radius 3 is 2.73 bits per heavy atom. The summed E-state index contributed by atoms with van der Waals surface area (Å²) >= 11 is 0. The third-order valence-corrected chi connectivity index (χ3v) is 3.12. The average molecular weight is 210 g/mol. The third kappa shape index (κ3) is 3.08. The molecule has 0 spiro atoms. The summed E-state index contributed by atoms with van der Waals surface area (Å²) < 4.78 is 10.8. The zero-order valence-corrected chi connectivity index (χ0v) is 8.89. The van der Waals surface area contributed by atoms with Crippen LogP contribution in [-0.4, -0.2) is 17.8 Å². The zero-order chi connectivity index (χ0) is 10.5. The van der Waals surface area contributed by atoms with Crippen LogP contribution < -0.4 is 0 Å². The molecule has 84 valence electrons. The van der Waals surface area contributed by atoms with Gasteiger partial charge in [0.15, 0.2) is 0 Å². The summed E-state index contributed by atoms with van der Waals surface area (Å²) in [4.78, 5) is 0. The van der Waals surface area contributed by atoms with Crippen LogP contribution in [0.1, 0.15) is 31.2 Å². The van der Waals surface area contributed by atoms with Crippen molar-refractivity contribution in [1.82, 2.24) is 0 Å². The van der Waals surface area contributed by atoms with Crippen molar-refractivity contribution in [2.75, 3.05) is 6.61 Å². The predicted octanol–water partition coefficient (Wildman–Crippen LogP) is 2.35. The first-order chi connectivity index (χ1) is 7.38. The van der Waals surface area contributed by atoms with Crippen LogP contribution >= 0.6 is 0 Å². The Morgan fingerprint density at radius 1 is 1.33 bits per heavy atom. The van der Waals surface area contributed by atoms with E-state index in [0.717, 1.165) is 31.2 Å². The Hall–Kier alpha value is -0.800. The van der Waals surface area contributed by atoms with Gasteiger partial charge in [0.1, 0.15) is 0 Å². The van der Waals surface area contributed by atoms with Gasteiger partial charge in [-0.25, -0.2) is 0 Å². The van der Waals surface area contributed by atoms with Crippen molar-refractivity contribution in [2.24, 2.45) is 5.92 Å². The van der Waals surface area contributed by atoms with E-state index in [-0.39, 0.29) is 0 Å². The molecular formula is C12H18O3. The van der Waals surface area contributed by atoms with Crippen LogP contribution in [0.15, 0.2) is 23.0 Å². The molecule has 0 unspecified atom stereocenters. The molecule has 0 radical (unpaired) electrons. The van der Waals surface area contributed by atoms with Crippen molar-refractivity contribution in [2.45, 2.75) is 38.4 Å². The van der Waals surface area contributed by atoms with Gasteiger partial charge in [0.25, 0.3) is 0 Å². The fourth-order valence-corrected chi connectivity index (χ4v) is 2.07. The molecule has 0 bridgehead atoms. The number of rotatable bonds is 4. The van der Waals surface area contributed by atoms with Crippen LogP contribution in [0, 0.1) is 5.92 Å². The maximum absolute atomic E-state index is 9.00.